The molecule has 10 N–H and O–H groups in total. The molecule has 5 aliphatic rings. The summed E-state index contributed by atoms with van der Waals surface area (Å²) in [5, 5.41) is 58.3. The smallest absolute Gasteiger partial charge is 0.454 e. The molecule has 0 bridgehead atoms. The summed E-state index contributed by atoms with van der Waals surface area (Å²) in [4.78, 5) is 111. The largest absolute Gasteiger partial charge is 0.490 e. The number of H-pyrrole nitrogens is 1. The van der Waals surface area contributed by atoms with Gasteiger partial charge in [0.2, 0.25) is 6.29 Å². The third kappa shape index (κ3) is 25.7. The van der Waals surface area contributed by atoms with Crippen molar-refractivity contribution in [2.75, 3.05) is 13.2 Å². The Hall–Kier alpha value is -11.0. The molecule has 35 nitrogen and oxygen atoms in total. The zero-order chi connectivity index (χ0) is 101. The van der Waals surface area contributed by atoms with Crippen LogP contribution < -0.4 is 11.1 Å². The van der Waals surface area contributed by atoms with Crippen molar-refractivity contribution in [1.29, 1.82) is 0 Å². The molecule has 8 aromatic carbocycles. The van der Waals surface area contributed by atoms with Gasteiger partial charge < -0.3 is 106 Å². The van der Waals surface area contributed by atoms with Crippen LogP contribution in [0.1, 0.15) is 124 Å². The van der Waals surface area contributed by atoms with Crippen molar-refractivity contribution in [3.8, 4) is 0 Å². The molecule has 5 aliphatic heterocycles. The quantitative estimate of drug-likeness (QED) is 0.0130. The lowest BCUT2D eigenvalue weighted by molar-refractivity contribution is -0.186. The van der Waals surface area contributed by atoms with Gasteiger partial charge >= 0.3 is 47.3 Å². The maximum absolute atomic E-state index is 13.1. The van der Waals surface area contributed by atoms with Gasteiger partial charge in [-0.2, -0.15) is 8.62 Å². The number of hydrogen-bond acceptors (Lipinski definition) is 29. The van der Waals surface area contributed by atoms with Crippen molar-refractivity contribution in [3.05, 3.63) is 325 Å². The predicted octanol–water partition coefficient (Wildman–Crippen LogP) is 16.1. The summed E-state index contributed by atoms with van der Waals surface area (Å²) >= 11 is 16.6. The standard InChI is InChI=1S/C23H23NO4.C23H23NO3S.C16H20O5.C14H18NO13P3S.C14H15NO4S.C9H7NO/c1-3-19-15(2)20(28-23(26)17-10-5-4-6-11-17)22(27-19)24-14-13-16-9-7-8-12-18(16)21(24)25;1-3-19-15(2)20(27-23(25)17-10-5-4-6-11-17)21(26-19)24-14-13-16-9-7-8-12-18(16)22(24)28;1-4-13-10(2)14(16(20-13)19-11(3)17)21-15(18)12-8-6-5-7-9-12;16-11-10(7-25-30(21,22)28-31(23,24)27-29(18,19)20)26-13(12(11)17)15-6-5-8-3-1-2-4-9(8)14(15)32;16-7-10-11(17)12(18)13(19-10)15-6-5-8-3-1-2-4-9(8)14(15)20;11-9-8-4-2-1-3-7(8)5-6-10-9/h4-15,19-20,22H,3H2,1-2H3;4-15,19-21H,3H2,1-2H3;5-10,13-14,16H,4H2,1-3H3;1-6,10-13,16-17H,7H2,(H,21,22)(H,23,24)(H2,18,19,20);1-6,10-13,16-18H,7H2;1-6H,(H,10,11)/t15-,19+,20?,22+;15-,19+,20?,21+;10-,13+,14?,16?;2*10-,11+,12?,13-;/m00011./s1. The van der Waals surface area contributed by atoms with Crippen LogP contribution in [0.15, 0.2) is 283 Å². The van der Waals surface area contributed by atoms with Gasteiger partial charge in [0.1, 0.15) is 50.5 Å². The number of ether oxygens (including phenoxy) is 9. The fraction of sp³-hybridized carbons (Fsp3) is 0.323. The number of aliphatic hydroxyl groups excluding tert-OH is 5. The number of carbonyl (C=O) groups is 4. The van der Waals surface area contributed by atoms with Crippen molar-refractivity contribution >= 4 is 138 Å². The van der Waals surface area contributed by atoms with Crippen molar-refractivity contribution in [1.82, 2.24) is 23.3 Å². The number of aromatic nitrogens is 5. The Balaban J connectivity index is 0.000000144. The van der Waals surface area contributed by atoms with Crippen molar-refractivity contribution in [3.63, 3.8) is 0 Å². The maximum Gasteiger partial charge on any atom is 0.490 e. The fourth-order valence-electron chi connectivity index (χ4n) is 16.9. The lowest BCUT2D eigenvalue weighted by atomic mass is 9.98. The average Bonchev–Trinajstić information content (AvgIpc) is 1.59. The van der Waals surface area contributed by atoms with Gasteiger partial charge in [-0.05, 0) is 125 Å². The van der Waals surface area contributed by atoms with Crippen LogP contribution in [0.5, 0.6) is 0 Å². The Morgan fingerprint density at radius 2 is 0.707 bits per heavy atom. The second-order valence-corrected chi connectivity index (χ2v) is 38.9. The summed E-state index contributed by atoms with van der Waals surface area (Å²) in [5.74, 6) is -1.63. The topological polar surface area (TPSA) is 482 Å². The third-order valence-corrected chi connectivity index (χ3v) is 29.2. The fourth-order valence-corrected chi connectivity index (χ4v) is 21.0. The highest BCUT2D eigenvalue weighted by molar-refractivity contribution is 7.72. The number of phosphoric acid groups is 3. The van der Waals surface area contributed by atoms with Crippen LogP contribution in [0, 0.1) is 31.7 Å². The van der Waals surface area contributed by atoms with E-state index in [0.29, 0.717) is 36.7 Å². The van der Waals surface area contributed by atoms with E-state index in [0.717, 1.165) is 62.4 Å². The number of rotatable bonds is 22. The minimum atomic E-state index is -5.69. The number of aliphatic hydroxyl groups is 5. The lowest BCUT2D eigenvalue weighted by Gasteiger charge is -2.24. The molecule has 0 amide bonds. The minimum absolute atomic E-state index is 0.00643. The van der Waals surface area contributed by atoms with Crippen molar-refractivity contribution in [2.45, 2.75) is 172 Å². The summed E-state index contributed by atoms with van der Waals surface area (Å²) in [6, 6.07) is 73.8. The average molecular weight is 2040 g/mol. The van der Waals surface area contributed by atoms with Gasteiger partial charge in [0, 0.05) is 82.6 Å². The number of carbonyl (C=O) groups excluding carboxylic acids is 4. The molecule has 10 heterocycles. The number of nitrogens with one attached hydrogen (secondary N) is 1. The molecule has 41 heteroatoms. The Morgan fingerprint density at radius 3 is 1.10 bits per heavy atom. The Bertz CT molecular complexity index is 6830. The number of nitrogens with zero attached hydrogens (tertiary/aromatic N) is 4. The molecule has 740 valence electrons. The van der Waals surface area contributed by atoms with Gasteiger partial charge in [-0.1, -0.05) is 242 Å². The van der Waals surface area contributed by atoms with Crippen LogP contribution in [0.2, 0.25) is 0 Å². The highest BCUT2D eigenvalue weighted by Crippen LogP contribution is 2.66. The number of fused-ring (bicyclic) bond motifs is 5. The number of esters is 4. The number of aromatic amines is 1. The molecule has 0 spiro atoms. The number of phosphoric ester groups is 1. The van der Waals surface area contributed by atoms with E-state index in [9.17, 15) is 67.8 Å². The summed E-state index contributed by atoms with van der Waals surface area (Å²) in [5.41, 5.74) is 1.32. The second kappa shape index (κ2) is 47.7. The van der Waals surface area contributed by atoms with Crippen LogP contribution in [0.3, 0.4) is 0 Å². The first-order valence-electron chi connectivity index (χ1n) is 44.7. The van der Waals surface area contributed by atoms with Gasteiger partial charge in [0.25, 0.3) is 11.1 Å². The molecule has 13 aromatic rings. The van der Waals surface area contributed by atoms with Gasteiger partial charge in [-0.15, -0.1) is 0 Å². The van der Waals surface area contributed by atoms with Crippen molar-refractivity contribution < 1.29 is 134 Å². The number of benzene rings is 8. The van der Waals surface area contributed by atoms with Crippen LogP contribution >= 0.6 is 60.1 Å². The molecule has 22 atom stereocenters. The highest BCUT2D eigenvalue weighted by Gasteiger charge is 2.51. The molecule has 5 saturated heterocycles. The van der Waals surface area contributed by atoms with E-state index in [1.54, 1.807) is 113 Å². The van der Waals surface area contributed by atoms with E-state index in [1.807, 2.05) is 196 Å². The van der Waals surface area contributed by atoms with Crippen LogP contribution in [-0.2, 0) is 74.3 Å². The van der Waals surface area contributed by atoms with E-state index in [-0.39, 0.29) is 64.4 Å². The molecular weight excluding hydrogens is 1930 g/mol. The van der Waals surface area contributed by atoms with E-state index in [4.69, 9.17) is 99.1 Å². The maximum atomic E-state index is 13.1. The molecule has 0 radical (unpaired) electrons. The molecule has 8 unspecified atom stereocenters. The van der Waals surface area contributed by atoms with Crippen molar-refractivity contribution in [2.24, 2.45) is 17.8 Å². The minimum Gasteiger partial charge on any atom is -0.454 e. The summed E-state index contributed by atoms with van der Waals surface area (Å²) in [6.07, 6.45) is -2.30. The first-order chi connectivity index (χ1) is 66.9. The first-order valence-corrected chi connectivity index (χ1v) is 50.5. The van der Waals surface area contributed by atoms with E-state index in [2.05, 4.69) is 32.0 Å². The third-order valence-electron chi connectivity index (χ3n) is 24.1. The molecule has 0 saturated carbocycles. The predicted molar refractivity (Wildman–Crippen MR) is 523 cm³/mol. The van der Waals surface area contributed by atoms with E-state index < -0.39 is 134 Å². The summed E-state index contributed by atoms with van der Waals surface area (Å²) in [7, 11) is -16.6. The Morgan fingerprint density at radius 1 is 0.379 bits per heavy atom. The molecule has 5 aromatic heterocycles. The Kier molecular flexibility index (Phi) is 36.2. The van der Waals surface area contributed by atoms with E-state index >= 15 is 0 Å². The monoisotopic (exact) mass is 2030 g/mol. The lowest BCUT2D eigenvalue weighted by Crippen LogP contribution is -2.34. The first kappa shape index (κ1) is 106. The molecule has 140 heavy (non-hydrogen) atoms. The van der Waals surface area contributed by atoms with Crippen LogP contribution in [0.4, 0.5) is 0 Å². The number of pyridine rings is 5. The van der Waals surface area contributed by atoms with Gasteiger partial charge in [0.15, 0.2) is 43.2 Å². The molecular formula is C99H106N5O30P3S3. The Labute approximate surface area is 818 Å². The van der Waals surface area contributed by atoms with Crippen LogP contribution in [0.25, 0.3) is 53.9 Å². The highest BCUT2D eigenvalue weighted by atomic mass is 32.1. The molecule has 0 aliphatic carbocycles. The SMILES string of the molecule is CC[C@H]1OC(OC(C)=O)C(OC(=O)c2ccccc2)[C@H]1C.CC[C@H]1O[C@@H](n2ccc3ccccc3c2=O)C(OC(=O)c2ccccc2)[C@H]1C.CC[C@H]1O[C@@H](n2ccc3ccccc3c2=S)C(OC(=O)c2ccccc2)[C@H]1C.O=P(O)(O)OP(=O)(O)OP(=O)(O)OC[C@H]1O[C@@H](n2ccc3ccccc3c2=S)C(O)[C@H]1O.O=c1[nH]ccc2ccccc12.OC[C@H]1O[C@@H](n2ccc3ccccc3c2=S)C(O)[C@H]1O. The number of hydrogen-bond donors (Lipinski definition) is 10. The zero-order valence-corrected chi connectivity index (χ0v) is 81.6. The zero-order valence-electron chi connectivity index (χ0n) is 76.5. The van der Waals surface area contributed by atoms with Crippen LogP contribution in [-0.4, -0.2) is 185 Å². The summed E-state index contributed by atoms with van der Waals surface area (Å²) in [6.45, 7) is 12.1. The summed E-state index contributed by atoms with van der Waals surface area (Å²) < 4.78 is 105. The normalized spacial score (nSPS) is 25.4. The van der Waals surface area contributed by atoms with Gasteiger partial charge in [-0.3, -0.25) is 23.5 Å². The van der Waals surface area contributed by atoms with E-state index in [1.165, 1.54) is 17.7 Å². The second-order valence-electron chi connectivity index (χ2n) is 33.3. The molecule has 18 rings (SSSR count). The molecule has 5 fully saturated rings. The van der Waals surface area contributed by atoms with Gasteiger partial charge in [0.05, 0.1) is 48.2 Å². The van der Waals surface area contributed by atoms with Gasteiger partial charge in [-0.25, -0.2) is 28.1 Å².